The lowest BCUT2D eigenvalue weighted by molar-refractivity contribution is -0.167. The lowest BCUT2D eigenvalue weighted by atomic mass is 10.0. The van der Waals surface area contributed by atoms with E-state index in [0.717, 1.165) is 64.2 Å². The van der Waals surface area contributed by atoms with Gasteiger partial charge in [0.25, 0.3) is 0 Å². The fourth-order valence-electron chi connectivity index (χ4n) is 11.2. The summed E-state index contributed by atoms with van der Waals surface area (Å²) in [5, 5.41) is 0. The van der Waals surface area contributed by atoms with Gasteiger partial charge in [-0.25, -0.2) is 0 Å². The second-order valence-corrected chi connectivity index (χ2v) is 24.9. The molecule has 0 spiro atoms. The second kappa shape index (κ2) is 69.4. The highest BCUT2D eigenvalue weighted by molar-refractivity contribution is 5.71. The molecule has 1 unspecified atom stereocenters. The standard InChI is InChI=1S/C74H140O6/c1-4-7-10-13-16-19-22-25-28-30-32-34-36-38-39-41-43-46-49-52-55-58-61-64-67-73(76)79-70-71(69-78-72(75)66-63-60-57-54-51-48-45-27-24-21-18-15-12-9-6-3)80-74(77)68-65-62-59-56-53-50-47-44-42-40-37-35-33-31-29-26-23-20-17-14-11-8-5-2/h27,31,33,45,71H,4-26,28-30,32,34-44,46-70H2,1-3H3/b33-31-,45-27-. The molecule has 0 rings (SSSR count). The normalized spacial score (nSPS) is 12.1. The van der Waals surface area contributed by atoms with E-state index in [0.29, 0.717) is 19.3 Å². The first-order chi connectivity index (χ1) is 39.5. The molecule has 0 aromatic rings. The summed E-state index contributed by atoms with van der Waals surface area (Å²) in [5.41, 5.74) is 0. The Bertz CT molecular complexity index is 1290. The van der Waals surface area contributed by atoms with Crippen LogP contribution in [0.25, 0.3) is 0 Å². The summed E-state index contributed by atoms with van der Waals surface area (Å²) in [6, 6.07) is 0. The van der Waals surface area contributed by atoms with Crippen LogP contribution in [-0.2, 0) is 28.6 Å². The van der Waals surface area contributed by atoms with Gasteiger partial charge in [-0.1, -0.05) is 347 Å². The molecule has 0 aromatic heterocycles. The molecule has 0 amide bonds. The number of carbonyl (C=O) groups is 3. The predicted octanol–water partition coefficient (Wildman–Crippen LogP) is 25.0. The van der Waals surface area contributed by atoms with E-state index in [-0.39, 0.29) is 31.1 Å². The van der Waals surface area contributed by atoms with E-state index in [9.17, 15) is 14.4 Å². The molecule has 0 aliphatic heterocycles. The van der Waals surface area contributed by atoms with Gasteiger partial charge in [-0.15, -0.1) is 0 Å². The van der Waals surface area contributed by atoms with E-state index in [1.165, 1.54) is 308 Å². The molecular weight excluding hydrogens is 985 g/mol. The molecule has 472 valence electrons. The topological polar surface area (TPSA) is 78.9 Å². The van der Waals surface area contributed by atoms with Gasteiger partial charge in [-0.3, -0.25) is 14.4 Å². The van der Waals surface area contributed by atoms with Gasteiger partial charge in [-0.2, -0.15) is 0 Å². The number of rotatable bonds is 68. The number of esters is 3. The first kappa shape index (κ1) is 77.9. The van der Waals surface area contributed by atoms with E-state index in [1.54, 1.807) is 0 Å². The van der Waals surface area contributed by atoms with Crippen LogP contribution < -0.4 is 0 Å². The third-order valence-corrected chi connectivity index (χ3v) is 16.7. The quantitative estimate of drug-likeness (QED) is 0.0261. The summed E-state index contributed by atoms with van der Waals surface area (Å²) in [7, 11) is 0. The van der Waals surface area contributed by atoms with Crippen LogP contribution in [0.15, 0.2) is 24.3 Å². The van der Waals surface area contributed by atoms with Crippen molar-refractivity contribution in [1.29, 1.82) is 0 Å². The van der Waals surface area contributed by atoms with Crippen LogP contribution in [0, 0.1) is 0 Å². The van der Waals surface area contributed by atoms with Crippen molar-refractivity contribution in [2.75, 3.05) is 13.2 Å². The van der Waals surface area contributed by atoms with Crippen molar-refractivity contribution in [1.82, 2.24) is 0 Å². The number of unbranched alkanes of at least 4 members (excludes halogenated alkanes) is 53. The molecule has 0 saturated heterocycles. The Morgan fingerprint density at radius 2 is 0.412 bits per heavy atom. The lowest BCUT2D eigenvalue weighted by Crippen LogP contribution is -2.30. The maximum atomic E-state index is 13.0. The van der Waals surface area contributed by atoms with Gasteiger partial charge in [0.15, 0.2) is 6.10 Å². The second-order valence-electron chi connectivity index (χ2n) is 24.9. The molecule has 0 aliphatic rings. The van der Waals surface area contributed by atoms with E-state index in [1.807, 2.05) is 0 Å². The maximum Gasteiger partial charge on any atom is 0.306 e. The molecule has 0 heterocycles. The van der Waals surface area contributed by atoms with Crippen LogP contribution in [0.2, 0.25) is 0 Å². The molecule has 1 atom stereocenters. The van der Waals surface area contributed by atoms with Gasteiger partial charge < -0.3 is 14.2 Å². The molecule has 0 aromatic carbocycles. The number of allylic oxidation sites excluding steroid dienone is 4. The largest absolute Gasteiger partial charge is 0.462 e. The minimum Gasteiger partial charge on any atom is -0.462 e. The summed E-state index contributed by atoms with van der Waals surface area (Å²) in [6.07, 6.45) is 85.0. The van der Waals surface area contributed by atoms with E-state index < -0.39 is 6.10 Å². The highest BCUT2D eigenvalue weighted by atomic mass is 16.6. The highest BCUT2D eigenvalue weighted by Gasteiger charge is 2.19. The van der Waals surface area contributed by atoms with Crippen molar-refractivity contribution in [3.63, 3.8) is 0 Å². The number of ether oxygens (including phenoxy) is 3. The molecule has 0 aliphatic carbocycles. The van der Waals surface area contributed by atoms with Gasteiger partial charge >= 0.3 is 17.9 Å². The highest BCUT2D eigenvalue weighted by Crippen LogP contribution is 2.19. The van der Waals surface area contributed by atoms with Gasteiger partial charge in [0.1, 0.15) is 13.2 Å². The number of carbonyl (C=O) groups excluding carboxylic acids is 3. The SMILES string of the molecule is CCCCCCCC/C=C\CCCCCCCC(=O)OCC(COC(=O)CCCCCCCCCCCCCCCCCCCCCCCCCC)OC(=O)CCCCCCCCCCCCC/C=C\CCCCCCCCCC. The zero-order valence-corrected chi connectivity index (χ0v) is 54.4. The van der Waals surface area contributed by atoms with Crippen LogP contribution in [-0.4, -0.2) is 37.2 Å². The van der Waals surface area contributed by atoms with Gasteiger partial charge in [-0.05, 0) is 70.6 Å². The molecule has 0 N–H and O–H groups in total. The van der Waals surface area contributed by atoms with Crippen molar-refractivity contribution >= 4 is 17.9 Å². The Balaban J connectivity index is 4.26. The summed E-state index contributed by atoms with van der Waals surface area (Å²) < 4.78 is 17.0. The average Bonchev–Trinajstić information content (AvgIpc) is 3.46. The third kappa shape index (κ3) is 66.7. The zero-order valence-electron chi connectivity index (χ0n) is 54.4. The van der Waals surface area contributed by atoms with Gasteiger partial charge in [0.2, 0.25) is 0 Å². The third-order valence-electron chi connectivity index (χ3n) is 16.7. The van der Waals surface area contributed by atoms with Crippen LogP contribution >= 0.6 is 0 Å². The maximum absolute atomic E-state index is 13.0. The minimum absolute atomic E-state index is 0.0683. The van der Waals surface area contributed by atoms with Crippen molar-refractivity contribution in [2.45, 2.75) is 419 Å². The molecule has 0 saturated carbocycles. The Hall–Kier alpha value is -2.11. The van der Waals surface area contributed by atoms with Crippen LogP contribution in [0.5, 0.6) is 0 Å². The van der Waals surface area contributed by atoms with E-state index in [2.05, 4.69) is 45.1 Å². The fraction of sp³-hybridized carbons (Fsp3) is 0.905. The van der Waals surface area contributed by atoms with Crippen molar-refractivity contribution in [2.24, 2.45) is 0 Å². The molecule has 6 nitrogen and oxygen atoms in total. The van der Waals surface area contributed by atoms with E-state index in [4.69, 9.17) is 14.2 Å². The molecule has 0 radical (unpaired) electrons. The lowest BCUT2D eigenvalue weighted by Gasteiger charge is -2.18. The zero-order chi connectivity index (χ0) is 57.8. The Labute approximate surface area is 500 Å². The van der Waals surface area contributed by atoms with Crippen molar-refractivity contribution in [3.8, 4) is 0 Å². The first-order valence-corrected chi connectivity index (χ1v) is 36.3. The van der Waals surface area contributed by atoms with Crippen molar-refractivity contribution < 1.29 is 28.6 Å². The summed E-state index contributed by atoms with van der Waals surface area (Å²) in [4.78, 5) is 38.5. The average molecular weight is 1130 g/mol. The number of hydrogen-bond donors (Lipinski definition) is 0. The monoisotopic (exact) mass is 1130 g/mol. The fourth-order valence-corrected chi connectivity index (χ4v) is 11.2. The molecule has 80 heavy (non-hydrogen) atoms. The van der Waals surface area contributed by atoms with E-state index >= 15 is 0 Å². The first-order valence-electron chi connectivity index (χ1n) is 36.3. The molecule has 0 bridgehead atoms. The molecule has 6 heteroatoms. The summed E-state index contributed by atoms with van der Waals surface area (Å²) >= 11 is 0. The van der Waals surface area contributed by atoms with Crippen molar-refractivity contribution in [3.05, 3.63) is 24.3 Å². The minimum atomic E-state index is -0.773. The smallest absolute Gasteiger partial charge is 0.306 e. The predicted molar refractivity (Wildman–Crippen MR) is 349 cm³/mol. The number of hydrogen-bond acceptors (Lipinski definition) is 6. The summed E-state index contributed by atoms with van der Waals surface area (Å²) in [5.74, 6) is -0.845. The van der Waals surface area contributed by atoms with Gasteiger partial charge in [0.05, 0.1) is 0 Å². The molecule has 0 fully saturated rings. The van der Waals surface area contributed by atoms with Crippen LogP contribution in [0.3, 0.4) is 0 Å². The van der Waals surface area contributed by atoms with Crippen LogP contribution in [0.4, 0.5) is 0 Å². The molecular formula is C74H140O6. The van der Waals surface area contributed by atoms with Gasteiger partial charge in [0, 0.05) is 19.3 Å². The Kier molecular flexibility index (Phi) is 67.6. The van der Waals surface area contributed by atoms with Crippen LogP contribution in [0.1, 0.15) is 412 Å². The Morgan fingerprint density at radius 3 is 0.625 bits per heavy atom. The summed E-state index contributed by atoms with van der Waals surface area (Å²) in [6.45, 7) is 6.71. The Morgan fingerprint density at radius 1 is 0.237 bits per heavy atom.